The normalized spacial score (nSPS) is 11.3. The highest BCUT2D eigenvalue weighted by Crippen LogP contribution is 2.08. The molecule has 0 N–H and O–H groups in total. The highest BCUT2D eigenvalue weighted by Gasteiger charge is 1.98. The van der Waals surface area contributed by atoms with Crippen LogP contribution in [0.1, 0.15) is 18.2 Å². The number of aromatic nitrogens is 2. The molecule has 0 aliphatic rings. The van der Waals surface area contributed by atoms with Crippen LogP contribution in [0.2, 0.25) is 0 Å². The molecule has 0 spiro atoms. The molecule has 3 nitrogen and oxygen atoms in total. The summed E-state index contributed by atoms with van der Waals surface area (Å²) < 4.78 is 1.95. The summed E-state index contributed by atoms with van der Waals surface area (Å²) in [5, 5.41) is 0. The number of fused-ring (bicyclic) bond motifs is 1. The maximum atomic E-state index is 10.8. The van der Waals surface area contributed by atoms with E-state index in [0.717, 1.165) is 11.3 Å². The number of carbonyl (C=O) groups is 1. The van der Waals surface area contributed by atoms with Crippen molar-refractivity contribution in [2.24, 2.45) is 0 Å². The van der Waals surface area contributed by atoms with Crippen LogP contribution < -0.4 is 0 Å². The first-order valence-electron chi connectivity index (χ1n) is 4.79. The van der Waals surface area contributed by atoms with Gasteiger partial charge in [0.1, 0.15) is 5.65 Å². The van der Waals surface area contributed by atoms with Gasteiger partial charge in [-0.1, -0.05) is 6.07 Å². The molecule has 2 aromatic rings. The quantitative estimate of drug-likeness (QED) is 0.697. The van der Waals surface area contributed by atoms with Crippen LogP contribution in [0.15, 0.2) is 30.6 Å². The average molecular weight is 200 g/mol. The zero-order chi connectivity index (χ0) is 10.8. The molecule has 0 fully saturated rings. The van der Waals surface area contributed by atoms with Crippen LogP contribution in [0.4, 0.5) is 0 Å². The number of pyridine rings is 1. The molecular formula is C12H12N2O. The molecule has 0 amide bonds. The third kappa shape index (κ3) is 2.13. The van der Waals surface area contributed by atoms with E-state index in [9.17, 15) is 4.79 Å². The van der Waals surface area contributed by atoms with E-state index in [4.69, 9.17) is 0 Å². The molecule has 0 atom stereocenters. The Kier molecular flexibility index (Phi) is 2.37. The Labute approximate surface area is 88.1 Å². The summed E-state index contributed by atoms with van der Waals surface area (Å²) in [6.07, 6.45) is 7.16. The zero-order valence-corrected chi connectivity index (χ0v) is 8.77. The molecule has 0 bridgehead atoms. The Balaban J connectivity index is 2.43. The fourth-order valence-electron chi connectivity index (χ4n) is 1.41. The predicted octanol–water partition coefficient (Wildman–Crippen LogP) is 2.24. The summed E-state index contributed by atoms with van der Waals surface area (Å²) in [5.41, 5.74) is 2.88. The Morgan fingerprint density at radius 1 is 1.40 bits per heavy atom. The molecule has 3 heteroatoms. The van der Waals surface area contributed by atoms with E-state index >= 15 is 0 Å². The number of carbonyl (C=O) groups excluding carboxylic acids is 1. The summed E-state index contributed by atoms with van der Waals surface area (Å²) in [6, 6.07) is 3.97. The van der Waals surface area contributed by atoms with E-state index in [2.05, 4.69) is 4.98 Å². The molecule has 0 radical (unpaired) electrons. The van der Waals surface area contributed by atoms with E-state index in [0.29, 0.717) is 0 Å². The first kappa shape index (κ1) is 9.65. The smallest absolute Gasteiger partial charge is 0.152 e. The number of nitrogens with zero attached hydrogens (tertiary/aromatic N) is 2. The van der Waals surface area contributed by atoms with Crippen LogP contribution in [-0.2, 0) is 4.79 Å². The van der Waals surface area contributed by atoms with Crippen molar-refractivity contribution in [1.82, 2.24) is 9.38 Å². The number of hydrogen-bond acceptors (Lipinski definition) is 2. The van der Waals surface area contributed by atoms with Crippen LogP contribution in [-0.4, -0.2) is 15.2 Å². The predicted molar refractivity (Wildman–Crippen MR) is 59.6 cm³/mol. The van der Waals surface area contributed by atoms with Gasteiger partial charge in [0.05, 0.1) is 5.69 Å². The molecule has 2 aromatic heterocycles. The van der Waals surface area contributed by atoms with Crippen LogP contribution in [0, 0.1) is 6.92 Å². The number of allylic oxidation sites excluding steroid dienone is 1. The Morgan fingerprint density at radius 3 is 2.93 bits per heavy atom. The molecule has 2 rings (SSSR count). The van der Waals surface area contributed by atoms with Gasteiger partial charge in [-0.15, -0.1) is 0 Å². The van der Waals surface area contributed by atoms with Crippen molar-refractivity contribution in [3.05, 3.63) is 41.9 Å². The number of imidazole rings is 1. The van der Waals surface area contributed by atoms with E-state index in [1.54, 1.807) is 6.08 Å². The fourth-order valence-corrected chi connectivity index (χ4v) is 1.41. The molecule has 0 aliphatic carbocycles. The largest absolute Gasteiger partial charge is 0.306 e. The van der Waals surface area contributed by atoms with Gasteiger partial charge in [0.2, 0.25) is 0 Å². The third-order valence-corrected chi connectivity index (χ3v) is 2.11. The van der Waals surface area contributed by atoms with Gasteiger partial charge in [0.15, 0.2) is 5.78 Å². The van der Waals surface area contributed by atoms with E-state index < -0.39 is 0 Å². The molecule has 2 heterocycles. The molecule has 0 saturated heterocycles. The Hall–Kier alpha value is -1.90. The SMILES string of the molecule is CC(=O)/C=C/c1cn2cc(C)ccc2n1. The van der Waals surface area contributed by atoms with Crippen LogP contribution in [0.5, 0.6) is 0 Å². The van der Waals surface area contributed by atoms with E-state index in [1.165, 1.54) is 18.6 Å². The lowest BCUT2D eigenvalue weighted by atomic mass is 10.3. The summed E-state index contributed by atoms with van der Waals surface area (Å²) >= 11 is 0. The minimum Gasteiger partial charge on any atom is -0.306 e. The lowest BCUT2D eigenvalue weighted by Gasteiger charge is -1.92. The molecule has 0 aromatic carbocycles. The van der Waals surface area contributed by atoms with E-state index in [-0.39, 0.29) is 5.78 Å². The summed E-state index contributed by atoms with van der Waals surface area (Å²) in [6.45, 7) is 3.56. The minimum absolute atomic E-state index is 0.0308. The summed E-state index contributed by atoms with van der Waals surface area (Å²) in [7, 11) is 0. The molecule has 15 heavy (non-hydrogen) atoms. The van der Waals surface area contributed by atoms with Crippen molar-refractivity contribution >= 4 is 17.5 Å². The monoisotopic (exact) mass is 200 g/mol. The van der Waals surface area contributed by atoms with Crippen LogP contribution in [0.3, 0.4) is 0 Å². The number of rotatable bonds is 2. The molecule has 0 saturated carbocycles. The van der Waals surface area contributed by atoms with Crippen LogP contribution in [0.25, 0.3) is 11.7 Å². The first-order chi connectivity index (χ1) is 7.15. The van der Waals surface area contributed by atoms with E-state index in [1.807, 2.05) is 35.9 Å². The van der Waals surface area contributed by atoms with Crippen molar-refractivity contribution < 1.29 is 4.79 Å². The summed E-state index contributed by atoms with van der Waals surface area (Å²) in [5.74, 6) is 0.0308. The van der Waals surface area contributed by atoms with Gasteiger partial charge in [-0.2, -0.15) is 0 Å². The second kappa shape index (κ2) is 3.69. The third-order valence-electron chi connectivity index (χ3n) is 2.11. The van der Waals surface area contributed by atoms with Gasteiger partial charge in [-0.25, -0.2) is 4.98 Å². The van der Waals surface area contributed by atoms with Gasteiger partial charge in [0, 0.05) is 12.4 Å². The molecular weight excluding hydrogens is 188 g/mol. The molecule has 76 valence electrons. The number of aryl methyl sites for hydroxylation is 1. The lowest BCUT2D eigenvalue weighted by molar-refractivity contribution is -0.112. The van der Waals surface area contributed by atoms with Crippen LogP contribution >= 0.6 is 0 Å². The molecule has 0 unspecified atom stereocenters. The topological polar surface area (TPSA) is 34.4 Å². The fraction of sp³-hybridized carbons (Fsp3) is 0.167. The average Bonchev–Trinajstić information content (AvgIpc) is 2.56. The number of ketones is 1. The Bertz CT molecular complexity index is 538. The maximum Gasteiger partial charge on any atom is 0.152 e. The highest BCUT2D eigenvalue weighted by molar-refractivity contribution is 5.91. The first-order valence-corrected chi connectivity index (χ1v) is 4.79. The lowest BCUT2D eigenvalue weighted by Crippen LogP contribution is -1.82. The minimum atomic E-state index is 0.0308. The van der Waals surface area contributed by atoms with Gasteiger partial charge in [-0.05, 0) is 37.6 Å². The van der Waals surface area contributed by atoms with Crippen molar-refractivity contribution in [3.63, 3.8) is 0 Å². The Morgan fingerprint density at radius 2 is 2.20 bits per heavy atom. The maximum absolute atomic E-state index is 10.8. The number of hydrogen-bond donors (Lipinski definition) is 0. The van der Waals surface area contributed by atoms with Crippen molar-refractivity contribution in [3.8, 4) is 0 Å². The van der Waals surface area contributed by atoms with Crippen molar-refractivity contribution in [2.75, 3.05) is 0 Å². The van der Waals surface area contributed by atoms with Gasteiger partial charge in [-0.3, -0.25) is 4.79 Å². The summed E-state index contributed by atoms with van der Waals surface area (Å²) in [4.78, 5) is 15.1. The van der Waals surface area contributed by atoms with Crippen molar-refractivity contribution in [1.29, 1.82) is 0 Å². The van der Waals surface area contributed by atoms with Crippen molar-refractivity contribution in [2.45, 2.75) is 13.8 Å². The van der Waals surface area contributed by atoms with Gasteiger partial charge >= 0.3 is 0 Å². The second-order valence-electron chi connectivity index (χ2n) is 3.58. The standard InChI is InChI=1S/C12H12N2O/c1-9-3-6-12-13-11(5-4-10(2)15)8-14(12)7-9/h3-8H,1-2H3/b5-4+. The highest BCUT2D eigenvalue weighted by atomic mass is 16.1. The van der Waals surface area contributed by atoms with Gasteiger partial charge in [0.25, 0.3) is 0 Å². The zero-order valence-electron chi connectivity index (χ0n) is 8.77. The molecule has 0 aliphatic heterocycles. The second-order valence-corrected chi connectivity index (χ2v) is 3.58. The van der Waals surface area contributed by atoms with Gasteiger partial charge < -0.3 is 4.40 Å².